The Morgan fingerprint density at radius 2 is 2.06 bits per heavy atom. The Balaban J connectivity index is 1.26. The second kappa shape index (κ2) is 7.09. The molecule has 4 bridgehead atoms. The van der Waals surface area contributed by atoms with Crippen LogP contribution in [0.25, 0.3) is 0 Å². The maximum atomic E-state index is 11.0. The van der Waals surface area contributed by atoms with Crippen LogP contribution in [0.5, 0.6) is 11.5 Å². The van der Waals surface area contributed by atoms with Gasteiger partial charge >= 0.3 is 0 Å². The molecule has 7 atom stereocenters. The van der Waals surface area contributed by atoms with Crippen LogP contribution in [0.1, 0.15) is 55.2 Å². The van der Waals surface area contributed by atoms with E-state index in [-0.39, 0.29) is 22.9 Å². The fourth-order valence-electron chi connectivity index (χ4n) is 10.1. The first-order valence-corrected chi connectivity index (χ1v) is 14.0. The molecule has 2 spiro atoms. The van der Waals surface area contributed by atoms with Gasteiger partial charge in [-0.05, 0) is 49.8 Å². The molecule has 5 aliphatic carbocycles. The molecular formula is C30H38NO5+. The molecular weight excluding hydrogens is 454 g/mol. The molecule has 0 radical (unpaired) electrons. The number of quaternary nitrogens is 1. The number of furan rings is 1. The van der Waals surface area contributed by atoms with E-state index in [1.54, 1.807) is 12.5 Å². The second-order valence-electron chi connectivity index (χ2n) is 13.1. The van der Waals surface area contributed by atoms with Gasteiger partial charge in [-0.1, -0.05) is 6.07 Å². The molecule has 192 valence electrons. The third-order valence-corrected chi connectivity index (χ3v) is 11.7. The van der Waals surface area contributed by atoms with E-state index in [1.165, 1.54) is 48.0 Å². The highest BCUT2D eigenvalue weighted by atomic mass is 16.6. The number of likely N-dealkylation sites (tertiary alicyclic amines) is 1. The van der Waals surface area contributed by atoms with Gasteiger partial charge in [0.2, 0.25) is 0 Å². The summed E-state index contributed by atoms with van der Waals surface area (Å²) < 4.78 is 26.3. The normalized spacial score (nSPS) is 43.3. The third-order valence-electron chi connectivity index (χ3n) is 11.7. The number of likely N-dealkylation sites (N-methyl/N-ethyl adjacent to an activating group) is 1. The largest absolute Gasteiger partial charge is 0.504 e. The molecule has 36 heavy (non-hydrogen) atoms. The average molecular weight is 493 g/mol. The number of fused-ring (bicyclic) bond motifs is 2. The smallest absolute Gasteiger partial charge is 0.165 e. The summed E-state index contributed by atoms with van der Waals surface area (Å²) in [6.07, 6.45) is 11.7. The highest BCUT2D eigenvalue weighted by molar-refractivity contribution is 5.62. The second-order valence-corrected chi connectivity index (χ2v) is 13.1. The Kier molecular flexibility index (Phi) is 4.33. The molecule has 4 saturated carbocycles. The number of benzene rings is 1. The fraction of sp³-hybridized carbons (Fsp3) is 0.667. The summed E-state index contributed by atoms with van der Waals surface area (Å²) in [6.45, 7) is 3.72. The van der Waals surface area contributed by atoms with Gasteiger partial charge in [-0.25, -0.2) is 0 Å². The third kappa shape index (κ3) is 2.49. The predicted octanol–water partition coefficient (Wildman–Crippen LogP) is 4.57. The van der Waals surface area contributed by atoms with Crippen molar-refractivity contribution in [2.24, 2.45) is 17.3 Å². The number of nitrogens with zero attached hydrogens (tertiary/aromatic N) is 1. The molecule has 5 fully saturated rings. The summed E-state index contributed by atoms with van der Waals surface area (Å²) in [7, 11) is 4.43. The Bertz CT molecular complexity index is 1210. The molecule has 1 aromatic carbocycles. The van der Waals surface area contributed by atoms with E-state index in [2.05, 4.69) is 13.1 Å². The summed E-state index contributed by atoms with van der Waals surface area (Å²) in [5.74, 6) is 2.20. The SMILES string of the molecule is CO[C@]12CC[C@@]3(C[C@@H]1COCc1ccoc1)[C@H]1Cc4ccc(O)c5c4[C@@]3(CC[N@+]1(C)CC1CC1)[C@H]2O5. The van der Waals surface area contributed by atoms with E-state index in [0.717, 1.165) is 42.9 Å². The van der Waals surface area contributed by atoms with Crippen LogP contribution in [0, 0.1) is 17.3 Å². The van der Waals surface area contributed by atoms with Crippen molar-refractivity contribution < 1.29 is 28.2 Å². The number of rotatable bonds is 7. The number of ether oxygens (including phenoxy) is 3. The van der Waals surface area contributed by atoms with Gasteiger partial charge in [0.1, 0.15) is 11.7 Å². The lowest BCUT2D eigenvalue weighted by molar-refractivity contribution is -0.952. The van der Waals surface area contributed by atoms with Gasteiger partial charge in [0.25, 0.3) is 0 Å². The van der Waals surface area contributed by atoms with Crippen LogP contribution in [0.15, 0.2) is 35.1 Å². The number of phenolic OH excluding ortho intramolecular Hbond substituents is 1. The highest BCUT2D eigenvalue weighted by Crippen LogP contribution is 2.77. The molecule has 9 rings (SSSR count). The maximum Gasteiger partial charge on any atom is 0.165 e. The lowest BCUT2D eigenvalue weighted by atomic mass is 9.34. The number of phenols is 1. The first-order valence-electron chi connectivity index (χ1n) is 14.0. The van der Waals surface area contributed by atoms with Crippen molar-refractivity contribution in [1.82, 2.24) is 0 Å². The van der Waals surface area contributed by atoms with E-state index in [9.17, 15) is 5.11 Å². The van der Waals surface area contributed by atoms with Gasteiger partial charge in [-0.15, -0.1) is 0 Å². The van der Waals surface area contributed by atoms with Gasteiger partial charge < -0.3 is 28.2 Å². The first kappa shape index (κ1) is 22.0. The molecule has 2 aromatic rings. The Morgan fingerprint density at radius 1 is 1.17 bits per heavy atom. The molecule has 0 amide bonds. The Morgan fingerprint density at radius 3 is 2.83 bits per heavy atom. The maximum absolute atomic E-state index is 11.0. The van der Waals surface area contributed by atoms with Crippen LogP contribution in [0.3, 0.4) is 0 Å². The number of hydrogen-bond acceptors (Lipinski definition) is 5. The van der Waals surface area contributed by atoms with Crippen LogP contribution in [0.4, 0.5) is 0 Å². The number of piperidine rings is 1. The lowest BCUT2D eigenvalue weighted by Gasteiger charge is -2.74. The molecule has 1 aromatic heterocycles. The van der Waals surface area contributed by atoms with Crippen LogP contribution in [-0.2, 0) is 27.9 Å². The van der Waals surface area contributed by atoms with Crippen molar-refractivity contribution in [1.29, 1.82) is 0 Å². The van der Waals surface area contributed by atoms with E-state index in [1.807, 2.05) is 19.2 Å². The van der Waals surface area contributed by atoms with Crippen molar-refractivity contribution in [3.8, 4) is 11.5 Å². The van der Waals surface area contributed by atoms with Gasteiger partial charge in [0, 0.05) is 48.3 Å². The summed E-state index contributed by atoms with van der Waals surface area (Å²) in [5.41, 5.74) is 3.48. The van der Waals surface area contributed by atoms with E-state index >= 15 is 0 Å². The summed E-state index contributed by atoms with van der Waals surface area (Å²) in [5, 5.41) is 11.0. The summed E-state index contributed by atoms with van der Waals surface area (Å²) in [4.78, 5) is 0. The molecule has 6 nitrogen and oxygen atoms in total. The van der Waals surface area contributed by atoms with Gasteiger partial charge in [0.05, 0.1) is 57.3 Å². The van der Waals surface area contributed by atoms with E-state index < -0.39 is 5.60 Å². The molecule has 1 N–H and O–H groups in total. The quantitative estimate of drug-likeness (QED) is 0.574. The Labute approximate surface area is 213 Å². The number of aromatic hydroxyl groups is 1. The first-order chi connectivity index (χ1) is 17.5. The minimum Gasteiger partial charge on any atom is -0.504 e. The average Bonchev–Trinajstić information content (AvgIpc) is 3.37. The monoisotopic (exact) mass is 492 g/mol. The van der Waals surface area contributed by atoms with Crippen LogP contribution >= 0.6 is 0 Å². The van der Waals surface area contributed by atoms with Crippen LogP contribution < -0.4 is 4.74 Å². The topological polar surface area (TPSA) is 61.1 Å². The zero-order valence-electron chi connectivity index (χ0n) is 21.5. The van der Waals surface area contributed by atoms with Crippen LogP contribution in [-0.4, -0.2) is 61.2 Å². The van der Waals surface area contributed by atoms with E-state index in [0.29, 0.717) is 25.0 Å². The lowest BCUT2D eigenvalue weighted by Crippen LogP contribution is -2.83. The fourth-order valence-corrected chi connectivity index (χ4v) is 10.1. The zero-order chi connectivity index (χ0) is 24.3. The van der Waals surface area contributed by atoms with Crippen molar-refractivity contribution >= 4 is 0 Å². The van der Waals surface area contributed by atoms with Crippen LogP contribution in [0.2, 0.25) is 0 Å². The number of methoxy groups -OCH3 is 1. The molecule has 1 saturated heterocycles. The standard InChI is InChI=1S/C30H37NO5/c1-31(15-19-3-4-19)11-10-29-25-21-5-6-23(32)26(25)36-27(29)30(33-2)9-8-28(29,24(31)13-21)14-22(30)18-35-17-20-7-12-34-16-20/h5-7,12,16,19,22,24,27H,3-4,8-11,13-15,17-18H2,1-2H3/p+1/t22-,24-,27-,28-,29+,30-,31-/m1/s1. The molecule has 6 heteroatoms. The van der Waals surface area contributed by atoms with Crippen molar-refractivity contribution in [3.05, 3.63) is 47.4 Å². The summed E-state index contributed by atoms with van der Waals surface area (Å²) in [6, 6.07) is 6.61. The van der Waals surface area contributed by atoms with Crippen molar-refractivity contribution in [2.75, 3.05) is 33.9 Å². The molecule has 7 aliphatic rings. The van der Waals surface area contributed by atoms with Gasteiger partial charge in [-0.3, -0.25) is 0 Å². The Hall–Kier alpha value is -2.02. The predicted molar refractivity (Wildman–Crippen MR) is 133 cm³/mol. The highest BCUT2D eigenvalue weighted by Gasteiger charge is 2.83. The minimum absolute atomic E-state index is 0.0699. The molecule has 0 unspecified atom stereocenters. The number of hydrogen-bond donors (Lipinski definition) is 1. The molecule has 2 aliphatic heterocycles. The van der Waals surface area contributed by atoms with Crippen molar-refractivity contribution in [3.63, 3.8) is 0 Å². The summed E-state index contributed by atoms with van der Waals surface area (Å²) >= 11 is 0. The zero-order valence-corrected chi connectivity index (χ0v) is 21.5. The van der Waals surface area contributed by atoms with E-state index in [4.69, 9.17) is 18.6 Å². The molecule has 3 heterocycles. The minimum atomic E-state index is -0.403. The van der Waals surface area contributed by atoms with Crippen molar-refractivity contribution in [2.45, 2.75) is 74.7 Å². The van der Waals surface area contributed by atoms with Gasteiger partial charge in [-0.2, -0.15) is 0 Å². The van der Waals surface area contributed by atoms with Gasteiger partial charge in [0.15, 0.2) is 11.5 Å².